The van der Waals surface area contributed by atoms with Crippen molar-refractivity contribution in [2.75, 3.05) is 29.6 Å². The standard InChI is InChI=1S/C23H32F3N7O/c1-12(2)19-21(34)30-18-13(3)28-22(31-20(18)33(19)5)29-15-8-16(9-15)32(4)11-14-6-7-17(27-10-14)23(24,25)26/h6-7,10,12,15-16,19,21,30,34H,8-9,11H2,1-5H3,(H,28,29,31)/t15-,16-,19?,21?. The van der Waals surface area contributed by atoms with Crippen LogP contribution in [-0.4, -0.2) is 63.4 Å². The van der Waals surface area contributed by atoms with E-state index in [9.17, 15) is 18.3 Å². The van der Waals surface area contributed by atoms with Gasteiger partial charge in [-0.1, -0.05) is 19.9 Å². The van der Waals surface area contributed by atoms with Crippen molar-refractivity contribution in [3.05, 3.63) is 35.3 Å². The largest absolute Gasteiger partial charge is 0.433 e. The van der Waals surface area contributed by atoms with Crippen molar-refractivity contribution in [1.82, 2.24) is 19.9 Å². The highest BCUT2D eigenvalue weighted by Gasteiger charge is 2.37. The molecule has 0 bridgehead atoms. The maximum Gasteiger partial charge on any atom is 0.433 e. The molecule has 2 unspecified atom stereocenters. The Kier molecular flexibility index (Phi) is 6.61. The number of anilines is 3. The molecule has 0 amide bonds. The van der Waals surface area contributed by atoms with Gasteiger partial charge in [0.1, 0.15) is 17.6 Å². The summed E-state index contributed by atoms with van der Waals surface area (Å²) in [6.07, 6.45) is -2.06. The maximum atomic E-state index is 12.7. The quantitative estimate of drug-likeness (QED) is 0.581. The lowest BCUT2D eigenvalue weighted by Gasteiger charge is -2.43. The monoisotopic (exact) mass is 479 g/mol. The van der Waals surface area contributed by atoms with Crippen molar-refractivity contribution in [3.8, 4) is 0 Å². The third-order valence-electron chi connectivity index (χ3n) is 6.77. The van der Waals surface area contributed by atoms with Gasteiger partial charge in [-0.3, -0.25) is 9.88 Å². The van der Waals surface area contributed by atoms with Crippen LogP contribution in [0.15, 0.2) is 18.3 Å². The van der Waals surface area contributed by atoms with E-state index in [0.717, 1.165) is 41.7 Å². The molecular weight excluding hydrogens is 447 g/mol. The molecule has 1 aliphatic heterocycles. The Labute approximate surface area is 197 Å². The number of aromatic nitrogens is 3. The molecule has 3 heterocycles. The van der Waals surface area contributed by atoms with Crippen LogP contribution in [0.25, 0.3) is 0 Å². The molecule has 2 aromatic heterocycles. The van der Waals surface area contributed by atoms with Gasteiger partial charge in [-0.05, 0) is 44.4 Å². The highest BCUT2D eigenvalue weighted by atomic mass is 19.4. The smallest absolute Gasteiger partial charge is 0.372 e. The minimum atomic E-state index is -4.42. The van der Waals surface area contributed by atoms with Gasteiger partial charge in [0.15, 0.2) is 5.82 Å². The number of aliphatic hydroxyl groups excluding tert-OH is 1. The van der Waals surface area contributed by atoms with E-state index >= 15 is 0 Å². The summed E-state index contributed by atoms with van der Waals surface area (Å²) in [6, 6.07) is 2.93. The van der Waals surface area contributed by atoms with E-state index in [1.54, 1.807) is 0 Å². The molecule has 0 aromatic carbocycles. The molecule has 34 heavy (non-hydrogen) atoms. The zero-order valence-corrected chi connectivity index (χ0v) is 20.1. The zero-order chi connectivity index (χ0) is 24.8. The topological polar surface area (TPSA) is 89.4 Å². The van der Waals surface area contributed by atoms with Crippen LogP contribution in [-0.2, 0) is 12.7 Å². The van der Waals surface area contributed by atoms with Crippen LogP contribution >= 0.6 is 0 Å². The first-order valence-electron chi connectivity index (χ1n) is 11.5. The van der Waals surface area contributed by atoms with Gasteiger partial charge in [0.25, 0.3) is 0 Å². The van der Waals surface area contributed by atoms with Gasteiger partial charge in [0.05, 0.1) is 11.7 Å². The van der Waals surface area contributed by atoms with Gasteiger partial charge < -0.3 is 20.6 Å². The Balaban J connectivity index is 1.35. The minimum Gasteiger partial charge on any atom is -0.372 e. The molecule has 1 fully saturated rings. The van der Waals surface area contributed by atoms with E-state index in [-0.39, 0.29) is 18.0 Å². The summed E-state index contributed by atoms with van der Waals surface area (Å²) < 4.78 is 38.1. The van der Waals surface area contributed by atoms with Gasteiger partial charge in [-0.25, -0.2) is 4.98 Å². The fourth-order valence-corrected chi connectivity index (χ4v) is 4.80. The molecule has 2 aliphatic rings. The number of nitrogens with zero attached hydrogens (tertiary/aromatic N) is 5. The van der Waals surface area contributed by atoms with Crippen LogP contribution in [0.4, 0.5) is 30.6 Å². The SMILES string of the molecule is Cc1nc(N[C@H]2C[C@H](N(C)Cc3ccc(C(F)(F)F)nc3)C2)nc2c1NC(O)C(C(C)C)N2C. The maximum absolute atomic E-state index is 12.7. The first-order chi connectivity index (χ1) is 15.9. The number of rotatable bonds is 6. The average Bonchev–Trinajstić information content (AvgIpc) is 2.70. The summed E-state index contributed by atoms with van der Waals surface area (Å²) in [4.78, 5) is 17.0. The molecule has 0 spiro atoms. The van der Waals surface area contributed by atoms with Crippen LogP contribution in [0.5, 0.6) is 0 Å². The van der Waals surface area contributed by atoms with E-state index < -0.39 is 18.1 Å². The van der Waals surface area contributed by atoms with Gasteiger partial charge in [-0.2, -0.15) is 18.2 Å². The third-order valence-corrected chi connectivity index (χ3v) is 6.77. The van der Waals surface area contributed by atoms with E-state index in [4.69, 9.17) is 4.98 Å². The minimum absolute atomic E-state index is 0.101. The molecule has 1 aliphatic carbocycles. The molecule has 2 atom stereocenters. The van der Waals surface area contributed by atoms with E-state index in [1.165, 1.54) is 12.3 Å². The van der Waals surface area contributed by atoms with Crippen LogP contribution in [0.3, 0.4) is 0 Å². The van der Waals surface area contributed by atoms with Crippen LogP contribution in [0.2, 0.25) is 0 Å². The van der Waals surface area contributed by atoms with Crippen LogP contribution < -0.4 is 15.5 Å². The molecule has 1 saturated carbocycles. The molecule has 4 rings (SSSR count). The number of halogens is 3. The number of aryl methyl sites for hydroxylation is 1. The second-order valence-corrected chi connectivity index (χ2v) is 9.70. The lowest BCUT2D eigenvalue weighted by Crippen LogP contribution is -2.52. The summed E-state index contributed by atoms with van der Waals surface area (Å²) in [5, 5.41) is 17.1. The molecule has 0 radical (unpaired) electrons. The number of hydrogen-bond donors (Lipinski definition) is 3. The number of likely N-dealkylation sites (N-methyl/N-ethyl adjacent to an activating group) is 1. The first kappa shape index (κ1) is 24.5. The molecule has 2 aromatic rings. The summed E-state index contributed by atoms with van der Waals surface area (Å²) >= 11 is 0. The van der Waals surface area contributed by atoms with Gasteiger partial charge in [-0.15, -0.1) is 0 Å². The summed E-state index contributed by atoms with van der Waals surface area (Å²) in [6.45, 7) is 6.56. The Bertz CT molecular complexity index is 1010. The van der Waals surface area contributed by atoms with Crippen molar-refractivity contribution in [3.63, 3.8) is 0 Å². The van der Waals surface area contributed by atoms with Gasteiger partial charge in [0, 0.05) is 31.9 Å². The molecule has 11 heteroatoms. The van der Waals surface area contributed by atoms with Crippen molar-refractivity contribution < 1.29 is 18.3 Å². The van der Waals surface area contributed by atoms with Crippen LogP contribution in [0, 0.1) is 12.8 Å². The fourth-order valence-electron chi connectivity index (χ4n) is 4.80. The number of nitrogens with one attached hydrogen (secondary N) is 2. The Morgan fingerprint density at radius 1 is 1.26 bits per heavy atom. The Hall–Kier alpha value is -2.66. The predicted molar refractivity (Wildman–Crippen MR) is 125 cm³/mol. The van der Waals surface area contributed by atoms with Crippen LogP contribution in [0.1, 0.15) is 43.6 Å². The summed E-state index contributed by atoms with van der Waals surface area (Å²) in [5.41, 5.74) is 1.39. The van der Waals surface area contributed by atoms with E-state index in [0.29, 0.717) is 18.5 Å². The Morgan fingerprint density at radius 2 is 1.97 bits per heavy atom. The predicted octanol–water partition coefficient (Wildman–Crippen LogP) is 3.48. The number of fused-ring (bicyclic) bond motifs is 1. The van der Waals surface area contributed by atoms with E-state index in [1.807, 2.05) is 25.9 Å². The fraction of sp³-hybridized carbons (Fsp3) is 0.609. The number of pyridine rings is 1. The molecule has 0 saturated heterocycles. The second kappa shape index (κ2) is 9.18. The molecule has 186 valence electrons. The molecular formula is C23H32F3N7O. The van der Waals surface area contributed by atoms with Crippen molar-refractivity contribution in [2.45, 2.75) is 70.7 Å². The lowest BCUT2D eigenvalue weighted by molar-refractivity contribution is -0.141. The van der Waals surface area contributed by atoms with Crippen molar-refractivity contribution >= 4 is 17.5 Å². The van der Waals surface area contributed by atoms with Gasteiger partial charge >= 0.3 is 6.18 Å². The highest BCUT2D eigenvalue weighted by molar-refractivity contribution is 5.72. The highest BCUT2D eigenvalue weighted by Crippen LogP contribution is 2.36. The normalized spacial score (nSPS) is 24.6. The van der Waals surface area contributed by atoms with Crippen molar-refractivity contribution in [2.24, 2.45) is 5.92 Å². The summed E-state index contributed by atoms with van der Waals surface area (Å²) in [5.74, 6) is 1.55. The Morgan fingerprint density at radius 3 is 2.56 bits per heavy atom. The lowest BCUT2D eigenvalue weighted by atomic mass is 9.85. The third kappa shape index (κ3) is 4.90. The van der Waals surface area contributed by atoms with Crippen molar-refractivity contribution in [1.29, 1.82) is 0 Å². The second-order valence-electron chi connectivity index (χ2n) is 9.70. The van der Waals surface area contributed by atoms with Gasteiger partial charge in [0.2, 0.25) is 5.95 Å². The molecule has 8 nitrogen and oxygen atoms in total. The number of alkyl halides is 3. The number of aliphatic hydroxyl groups is 1. The zero-order valence-electron chi connectivity index (χ0n) is 20.1. The van der Waals surface area contributed by atoms with E-state index in [2.05, 4.69) is 39.3 Å². The number of hydrogen-bond acceptors (Lipinski definition) is 8. The average molecular weight is 480 g/mol. The first-order valence-corrected chi connectivity index (χ1v) is 11.5. The summed E-state index contributed by atoms with van der Waals surface area (Å²) in [7, 11) is 3.91. The molecule has 3 N–H and O–H groups in total.